The molecule has 2 heterocycles. The number of nitrogens with zero attached hydrogens (tertiary/aromatic N) is 2. The van der Waals surface area contributed by atoms with Gasteiger partial charge in [0.15, 0.2) is 0 Å². The molecule has 0 aromatic heterocycles. The van der Waals surface area contributed by atoms with E-state index in [2.05, 4.69) is 5.32 Å². The van der Waals surface area contributed by atoms with Crippen LogP contribution in [0.2, 0.25) is 0 Å². The summed E-state index contributed by atoms with van der Waals surface area (Å²) in [5.74, 6) is 0.811. The number of carbonyl (C=O) groups excluding carboxylic acids is 3. The minimum atomic E-state index is -1.21. The third kappa shape index (κ3) is 3.73. The van der Waals surface area contributed by atoms with Crippen molar-refractivity contribution in [3.05, 3.63) is 42.0 Å². The highest BCUT2D eigenvalue weighted by atomic mass is 16.5. The van der Waals surface area contributed by atoms with Gasteiger partial charge in [0.05, 0.1) is 7.11 Å². The minimum absolute atomic E-state index is 0.120. The van der Waals surface area contributed by atoms with Gasteiger partial charge in [-0.3, -0.25) is 14.5 Å². The standard InChI is InChI=1S/C26H31N3O4/c1-26(20-11-9-19-15-21(33-2)12-10-18(19)14-20)24(31)29(25(32)27-26)16-23(30)28-13-5-7-17-6-3-4-8-22(17)28/h9-12,14-15,17,22H,3-8,13,16H2,1-2H3,(H,27,32)/t17-,22-,26+/m1/s1. The Morgan fingerprint density at radius 3 is 2.61 bits per heavy atom. The van der Waals surface area contributed by atoms with Crippen molar-refractivity contribution >= 4 is 28.6 Å². The van der Waals surface area contributed by atoms with Gasteiger partial charge in [-0.25, -0.2) is 4.79 Å². The van der Waals surface area contributed by atoms with Crippen molar-refractivity contribution in [1.29, 1.82) is 0 Å². The Labute approximate surface area is 194 Å². The maximum absolute atomic E-state index is 13.4. The Balaban J connectivity index is 1.36. The van der Waals surface area contributed by atoms with Crippen LogP contribution in [-0.4, -0.2) is 53.9 Å². The van der Waals surface area contributed by atoms with Gasteiger partial charge >= 0.3 is 6.03 Å². The van der Waals surface area contributed by atoms with Crippen LogP contribution in [0.1, 0.15) is 51.0 Å². The van der Waals surface area contributed by atoms with E-state index in [-0.39, 0.29) is 24.4 Å². The largest absolute Gasteiger partial charge is 0.497 e. The van der Waals surface area contributed by atoms with E-state index in [9.17, 15) is 14.4 Å². The number of benzene rings is 2. The third-order valence-corrected chi connectivity index (χ3v) is 7.76. The number of piperidine rings is 1. The molecule has 2 aromatic rings. The summed E-state index contributed by atoms with van der Waals surface area (Å²) in [7, 11) is 1.62. The van der Waals surface area contributed by atoms with E-state index in [1.54, 1.807) is 14.0 Å². The molecule has 0 unspecified atom stereocenters. The molecule has 2 aliphatic heterocycles. The zero-order chi connectivity index (χ0) is 23.2. The number of rotatable bonds is 4. The number of hydrogen-bond acceptors (Lipinski definition) is 4. The fourth-order valence-corrected chi connectivity index (χ4v) is 5.86. The van der Waals surface area contributed by atoms with Crippen LogP contribution in [0.25, 0.3) is 10.8 Å². The van der Waals surface area contributed by atoms with Gasteiger partial charge in [-0.2, -0.15) is 0 Å². The predicted molar refractivity (Wildman–Crippen MR) is 125 cm³/mol. The molecule has 3 atom stereocenters. The van der Waals surface area contributed by atoms with Crippen molar-refractivity contribution < 1.29 is 19.1 Å². The van der Waals surface area contributed by atoms with Gasteiger partial charge in [0.1, 0.15) is 17.8 Å². The Hall–Kier alpha value is -3.09. The molecule has 5 rings (SSSR count). The minimum Gasteiger partial charge on any atom is -0.497 e. The molecule has 0 spiro atoms. The monoisotopic (exact) mass is 449 g/mol. The highest BCUT2D eigenvalue weighted by molar-refractivity contribution is 6.09. The van der Waals surface area contributed by atoms with Crippen LogP contribution >= 0.6 is 0 Å². The maximum atomic E-state index is 13.4. The number of carbonyl (C=O) groups is 3. The third-order valence-electron chi connectivity index (χ3n) is 7.76. The molecular formula is C26H31N3O4. The van der Waals surface area contributed by atoms with E-state index < -0.39 is 11.6 Å². The van der Waals surface area contributed by atoms with Crippen molar-refractivity contribution in [3.63, 3.8) is 0 Å². The molecule has 2 aromatic carbocycles. The molecule has 1 aliphatic carbocycles. The average Bonchev–Trinajstić information content (AvgIpc) is 3.06. The van der Waals surface area contributed by atoms with Gasteiger partial charge in [-0.1, -0.05) is 31.0 Å². The van der Waals surface area contributed by atoms with Crippen LogP contribution in [0.5, 0.6) is 5.75 Å². The number of hydrogen-bond donors (Lipinski definition) is 1. The first-order chi connectivity index (χ1) is 15.9. The summed E-state index contributed by atoms with van der Waals surface area (Å²) in [6.07, 6.45) is 6.73. The summed E-state index contributed by atoms with van der Waals surface area (Å²) in [5, 5.41) is 4.77. The normalized spacial score (nSPS) is 27.5. The number of likely N-dealkylation sites (tertiary alicyclic amines) is 1. The van der Waals surface area contributed by atoms with E-state index in [0.717, 1.165) is 47.2 Å². The second-order valence-electron chi connectivity index (χ2n) is 9.72. The lowest BCUT2D eigenvalue weighted by Gasteiger charge is -2.44. The first kappa shape index (κ1) is 21.7. The van der Waals surface area contributed by atoms with Crippen LogP contribution in [0.4, 0.5) is 4.79 Å². The number of nitrogens with one attached hydrogen (secondary N) is 1. The van der Waals surface area contributed by atoms with Crippen LogP contribution < -0.4 is 10.1 Å². The van der Waals surface area contributed by atoms with Crippen molar-refractivity contribution in [2.45, 2.75) is 57.0 Å². The molecule has 7 heteroatoms. The van der Waals surface area contributed by atoms with E-state index >= 15 is 0 Å². The van der Waals surface area contributed by atoms with Gasteiger partial charge < -0.3 is 15.0 Å². The van der Waals surface area contributed by atoms with Crippen LogP contribution in [0.3, 0.4) is 0 Å². The van der Waals surface area contributed by atoms with E-state index in [1.165, 1.54) is 19.3 Å². The fraction of sp³-hybridized carbons (Fsp3) is 0.500. The Morgan fingerprint density at radius 1 is 1.06 bits per heavy atom. The summed E-state index contributed by atoms with van der Waals surface area (Å²) in [6.45, 7) is 2.23. The molecule has 0 bridgehead atoms. The van der Waals surface area contributed by atoms with Gasteiger partial charge in [0.2, 0.25) is 5.91 Å². The van der Waals surface area contributed by atoms with E-state index in [4.69, 9.17) is 4.74 Å². The lowest BCUT2D eigenvalue weighted by atomic mass is 9.78. The second-order valence-corrected chi connectivity index (χ2v) is 9.72. The van der Waals surface area contributed by atoms with E-state index in [0.29, 0.717) is 11.5 Å². The lowest BCUT2D eigenvalue weighted by molar-refractivity contribution is -0.142. The van der Waals surface area contributed by atoms with Gasteiger partial charge in [0, 0.05) is 12.6 Å². The topological polar surface area (TPSA) is 79.0 Å². The number of urea groups is 1. The van der Waals surface area contributed by atoms with Crippen LogP contribution in [0, 0.1) is 5.92 Å². The summed E-state index contributed by atoms with van der Waals surface area (Å²) in [6, 6.07) is 11.2. The van der Waals surface area contributed by atoms with Crippen LogP contribution in [0.15, 0.2) is 36.4 Å². The van der Waals surface area contributed by atoms with E-state index in [1.807, 2.05) is 41.3 Å². The molecular weight excluding hydrogens is 418 g/mol. The molecule has 174 valence electrons. The van der Waals surface area contributed by atoms with Crippen molar-refractivity contribution in [3.8, 4) is 5.75 Å². The molecule has 3 fully saturated rings. The number of imide groups is 1. The van der Waals surface area contributed by atoms with Crippen molar-refractivity contribution in [1.82, 2.24) is 15.1 Å². The summed E-state index contributed by atoms with van der Waals surface area (Å²) in [4.78, 5) is 42.5. The zero-order valence-corrected chi connectivity index (χ0v) is 19.3. The Kier molecular flexibility index (Phi) is 5.51. The molecule has 1 saturated carbocycles. The highest BCUT2D eigenvalue weighted by Gasteiger charge is 2.50. The van der Waals surface area contributed by atoms with Gasteiger partial charge in [0.25, 0.3) is 5.91 Å². The number of fused-ring (bicyclic) bond motifs is 2. The number of methoxy groups -OCH3 is 1. The Morgan fingerprint density at radius 2 is 1.79 bits per heavy atom. The number of amides is 4. The van der Waals surface area contributed by atoms with Crippen LogP contribution in [-0.2, 0) is 15.1 Å². The second kappa shape index (κ2) is 8.36. The number of ether oxygens (including phenoxy) is 1. The van der Waals surface area contributed by atoms with Crippen molar-refractivity contribution in [2.75, 3.05) is 20.2 Å². The predicted octanol–water partition coefficient (Wildman–Crippen LogP) is 3.80. The molecule has 4 amide bonds. The highest BCUT2D eigenvalue weighted by Crippen LogP contribution is 2.36. The summed E-state index contributed by atoms with van der Waals surface area (Å²) >= 11 is 0. The average molecular weight is 450 g/mol. The fourth-order valence-electron chi connectivity index (χ4n) is 5.86. The Bertz CT molecular complexity index is 1110. The summed E-state index contributed by atoms with van der Waals surface area (Å²) < 4.78 is 5.28. The zero-order valence-electron chi connectivity index (χ0n) is 19.3. The maximum Gasteiger partial charge on any atom is 0.325 e. The van der Waals surface area contributed by atoms with Gasteiger partial charge in [-0.05, 0) is 73.1 Å². The van der Waals surface area contributed by atoms with Crippen molar-refractivity contribution in [2.24, 2.45) is 5.92 Å². The first-order valence-electron chi connectivity index (χ1n) is 11.9. The van der Waals surface area contributed by atoms with Gasteiger partial charge in [-0.15, -0.1) is 0 Å². The smallest absolute Gasteiger partial charge is 0.325 e. The molecule has 7 nitrogen and oxygen atoms in total. The molecule has 2 saturated heterocycles. The molecule has 33 heavy (non-hydrogen) atoms. The molecule has 3 aliphatic rings. The molecule has 0 radical (unpaired) electrons. The molecule has 1 N–H and O–H groups in total. The summed E-state index contributed by atoms with van der Waals surface area (Å²) in [5.41, 5.74) is -0.514. The lowest BCUT2D eigenvalue weighted by Crippen LogP contribution is -2.53. The SMILES string of the molecule is COc1ccc2cc([C@]3(C)NC(=O)N(CC(=O)N4CCC[C@H]5CCCC[C@H]54)C3=O)ccc2c1. The quantitative estimate of drug-likeness (QED) is 0.721. The first-order valence-corrected chi connectivity index (χ1v) is 11.9.